The Morgan fingerprint density at radius 1 is 1.37 bits per heavy atom. The molecule has 19 heavy (non-hydrogen) atoms. The van der Waals surface area contributed by atoms with Crippen molar-refractivity contribution in [1.29, 1.82) is 0 Å². The highest BCUT2D eigenvalue weighted by Gasteiger charge is 2.04. The van der Waals surface area contributed by atoms with Crippen LogP contribution in [0.5, 0.6) is 0 Å². The van der Waals surface area contributed by atoms with E-state index in [0.717, 1.165) is 17.6 Å². The molecule has 0 heterocycles. The molecule has 0 aromatic carbocycles. The van der Waals surface area contributed by atoms with E-state index < -0.39 is 0 Å². The number of nitrogens with two attached hydrogens (primary N) is 1. The molecule has 0 aromatic heterocycles. The first kappa shape index (κ1) is 14.8. The molecule has 1 rings (SSSR count). The molecule has 100 valence electrons. The van der Waals surface area contributed by atoms with Crippen LogP contribution in [0.2, 0.25) is 0 Å². The zero-order valence-corrected chi connectivity index (χ0v) is 11.5. The normalized spacial score (nSPS) is 17.3. The summed E-state index contributed by atoms with van der Waals surface area (Å²) in [6.07, 6.45) is 16.9. The van der Waals surface area contributed by atoms with Gasteiger partial charge in [0.15, 0.2) is 5.84 Å². The van der Waals surface area contributed by atoms with Crippen LogP contribution in [-0.4, -0.2) is 12.4 Å². The molecule has 0 amide bonds. The van der Waals surface area contributed by atoms with Crippen molar-refractivity contribution in [2.24, 2.45) is 21.2 Å². The Labute approximate surface area is 114 Å². The third-order valence-electron chi connectivity index (χ3n) is 2.57. The Morgan fingerprint density at radius 3 is 2.89 bits per heavy atom. The molecule has 0 radical (unpaired) electrons. The molecule has 0 aromatic rings. The second-order valence-electron chi connectivity index (χ2n) is 3.90. The summed E-state index contributed by atoms with van der Waals surface area (Å²) in [6.45, 7) is 4.54. The third kappa shape index (κ3) is 5.29. The largest absolute Gasteiger partial charge is 0.305 e. The number of allylic oxidation sites excluding steroid dienone is 6. The molecule has 0 saturated heterocycles. The van der Waals surface area contributed by atoms with Gasteiger partial charge >= 0.3 is 0 Å². The van der Waals surface area contributed by atoms with Crippen LogP contribution in [-0.2, 0) is 0 Å². The van der Waals surface area contributed by atoms with Crippen LogP contribution >= 0.6 is 0 Å². The zero-order valence-electron chi connectivity index (χ0n) is 11.5. The Morgan fingerprint density at radius 2 is 2.21 bits per heavy atom. The highest BCUT2D eigenvalue weighted by molar-refractivity contribution is 6.01. The molecule has 1 aliphatic rings. The summed E-state index contributed by atoms with van der Waals surface area (Å²) in [5, 5.41) is 7.26. The fraction of sp³-hybridized carbons (Fsp3) is 0.267. The van der Waals surface area contributed by atoms with Gasteiger partial charge in [-0.15, -0.1) is 5.11 Å². The highest BCUT2D eigenvalue weighted by atomic mass is 15.3. The Balaban J connectivity index is 2.91. The summed E-state index contributed by atoms with van der Waals surface area (Å²) in [7, 11) is 0. The van der Waals surface area contributed by atoms with Crippen molar-refractivity contribution in [3.05, 3.63) is 59.8 Å². The van der Waals surface area contributed by atoms with Gasteiger partial charge in [-0.25, -0.2) is 0 Å². The second-order valence-corrected chi connectivity index (χ2v) is 3.90. The lowest BCUT2D eigenvalue weighted by molar-refractivity contribution is 1.06. The maximum Gasteiger partial charge on any atom is 0.178 e. The molecule has 0 saturated carbocycles. The first-order valence-corrected chi connectivity index (χ1v) is 6.28. The number of hydrogen-bond donors (Lipinski definition) is 1. The molecule has 0 unspecified atom stereocenters. The van der Waals surface area contributed by atoms with Crippen LogP contribution in [0.3, 0.4) is 0 Å². The monoisotopic (exact) mass is 256 g/mol. The number of hydrogen-bond acceptors (Lipinski definition) is 2. The van der Waals surface area contributed by atoms with E-state index in [0.29, 0.717) is 12.4 Å². The summed E-state index contributed by atoms with van der Waals surface area (Å²) in [5.74, 6) is 5.72. The molecule has 0 bridgehead atoms. The SMILES string of the molecule is C/C=C\C(=C/C)CN=C(N=NN)C1=CCC=CC=C1. The predicted molar refractivity (Wildman–Crippen MR) is 80.9 cm³/mol. The third-order valence-corrected chi connectivity index (χ3v) is 2.57. The summed E-state index contributed by atoms with van der Waals surface area (Å²) in [4.78, 5) is 4.48. The minimum atomic E-state index is 0.561. The summed E-state index contributed by atoms with van der Waals surface area (Å²) in [6, 6.07) is 0. The molecular formula is C15H20N4. The van der Waals surface area contributed by atoms with Crippen molar-refractivity contribution in [2.75, 3.05) is 6.54 Å². The minimum Gasteiger partial charge on any atom is -0.305 e. The minimum absolute atomic E-state index is 0.561. The Bertz CT molecular complexity index is 488. The molecular weight excluding hydrogens is 236 g/mol. The lowest BCUT2D eigenvalue weighted by Gasteiger charge is -2.02. The number of nitrogens with zero attached hydrogens (tertiary/aromatic N) is 3. The van der Waals surface area contributed by atoms with Crippen LogP contribution < -0.4 is 5.84 Å². The second kappa shape index (κ2) is 8.80. The molecule has 0 aliphatic heterocycles. The topological polar surface area (TPSA) is 63.1 Å². The van der Waals surface area contributed by atoms with Gasteiger partial charge in [-0.05, 0) is 25.8 Å². The van der Waals surface area contributed by atoms with E-state index in [1.807, 2.05) is 50.3 Å². The molecule has 2 N–H and O–H groups in total. The standard InChI is InChI=1S/C15H20N4/c1-3-9-13(4-2)12-17-15(18-19-16)14-10-7-5-6-8-11-14/h3-7,9-11H,8,12H2,1-2H3,(H2,16,17,18)/b9-3-,13-4+. The number of rotatable bonds is 4. The van der Waals surface area contributed by atoms with Crippen molar-refractivity contribution in [2.45, 2.75) is 20.3 Å². The lowest BCUT2D eigenvalue weighted by Crippen LogP contribution is -2.01. The molecule has 0 fully saturated rings. The van der Waals surface area contributed by atoms with Crippen molar-refractivity contribution < 1.29 is 0 Å². The van der Waals surface area contributed by atoms with E-state index in [1.165, 1.54) is 0 Å². The maximum atomic E-state index is 5.15. The van der Waals surface area contributed by atoms with E-state index in [-0.39, 0.29) is 0 Å². The summed E-state index contributed by atoms with van der Waals surface area (Å²) < 4.78 is 0. The van der Waals surface area contributed by atoms with Gasteiger partial charge in [0.2, 0.25) is 0 Å². The summed E-state index contributed by atoms with van der Waals surface area (Å²) >= 11 is 0. The van der Waals surface area contributed by atoms with Crippen molar-refractivity contribution in [3.63, 3.8) is 0 Å². The van der Waals surface area contributed by atoms with Gasteiger partial charge in [-0.3, -0.25) is 4.99 Å². The number of amidine groups is 1. The summed E-state index contributed by atoms with van der Waals surface area (Å²) in [5.41, 5.74) is 2.07. The molecule has 0 atom stereocenters. The van der Waals surface area contributed by atoms with E-state index in [4.69, 9.17) is 5.84 Å². The van der Waals surface area contributed by atoms with Crippen LogP contribution in [0.1, 0.15) is 20.3 Å². The van der Waals surface area contributed by atoms with Gasteiger partial charge in [0.25, 0.3) is 0 Å². The molecule has 0 spiro atoms. The average Bonchev–Trinajstić information content (AvgIpc) is 2.70. The van der Waals surface area contributed by atoms with Crippen LogP contribution in [0, 0.1) is 0 Å². The van der Waals surface area contributed by atoms with E-state index in [9.17, 15) is 0 Å². The van der Waals surface area contributed by atoms with Crippen molar-refractivity contribution in [3.8, 4) is 0 Å². The Hall–Kier alpha value is -2.23. The zero-order chi connectivity index (χ0) is 13.9. The highest BCUT2D eigenvalue weighted by Crippen LogP contribution is 2.10. The molecule has 4 heteroatoms. The Kier molecular flexibility index (Phi) is 6.87. The van der Waals surface area contributed by atoms with Crippen LogP contribution in [0.4, 0.5) is 0 Å². The smallest absolute Gasteiger partial charge is 0.178 e. The van der Waals surface area contributed by atoms with E-state index >= 15 is 0 Å². The lowest BCUT2D eigenvalue weighted by atomic mass is 10.2. The van der Waals surface area contributed by atoms with E-state index in [2.05, 4.69) is 27.5 Å². The van der Waals surface area contributed by atoms with Gasteiger partial charge in [0.1, 0.15) is 0 Å². The maximum absolute atomic E-state index is 5.15. The van der Waals surface area contributed by atoms with Gasteiger partial charge < -0.3 is 5.84 Å². The van der Waals surface area contributed by atoms with Gasteiger partial charge in [0, 0.05) is 5.57 Å². The number of aliphatic imine (C=N–C) groups is 1. The van der Waals surface area contributed by atoms with Crippen molar-refractivity contribution in [1.82, 2.24) is 0 Å². The average molecular weight is 256 g/mol. The van der Waals surface area contributed by atoms with E-state index in [1.54, 1.807) is 0 Å². The first-order chi connectivity index (χ1) is 9.31. The fourth-order valence-electron chi connectivity index (χ4n) is 1.60. The van der Waals surface area contributed by atoms with Gasteiger partial charge in [0.05, 0.1) is 6.54 Å². The first-order valence-electron chi connectivity index (χ1n) is 6.28. The van der Waals surface area contributed by atoms with Gasteiger partial charge in [-0.1, -0.05) is 53.8 Å². The van der Waals surface area contributed by atoms with Crippen LogP contribution in [0.15, 0.2) is 75.1 Å². The molecule has 1 aliphatic carbocycles. The molecule has 4 nitrogen and oxygen atoms in total. The van der Waals surface area contributed by atoms with Crippen molar-refractivity contribution >= 4 is 5.84 Å². The predicted octanol–water partition coefficient (Wildman–Crippen LogP) is 3.68. The quantitative estimate of drug-likeness (QED) is 0.205. The fourth-order valence-corrected chi connectivity index (χ4v) is 1.60. The van der Waals surface area contributed by atoms with Gasteiger partial charge in [-0.2, -0.15) is 0 Å². The van der Waals surface area contributed by atoms with Crippen LogP contribution in [0.25, 0.3) is 0 Å².